The SMILES string of the molecule is CC.CC(C)CCC(=O)NC(C)(C)COC(C)(C)CC(C)C. The van der Waals surface area contributed by atoms with Crippen LogP contribution in [0.25, 0.3) is 0 Å². The van der Waals surface area contributed by atoms with Crippen LogP contribution in [0.4, 0.5) is 0 Å². The lowest BCUT2D eigenvalue weighted by atomic mass is 9.95. The number of hydrogen-bond donors (Lipinski definition) is 1. The summed E-state index contributed by atoms with van der Waals surface area (Å²) in [7, 11) is 0. The molecule has 0 aromatic heterocycles. The molecule has 134 valence electrons. The molecule has 0 aliphatic heterocycles. The Labute approximate surface area is 139 Å². The van der Waals surface area contributed by atoms with Crippen molar-refractivity contribution >= 4 is 5.91 Å². The van der Waals surface area contributed by atoms with Gasteiger partial charge in [-0.3, -0.25) is 4.79 Å². The zero-order chi connectivity index (χ0) is 18.0. The van der Waals surface area contributed by atoms with Gasteiger partial charge in [0.15, 0.2) is 0 Å². The fourth-order valence-electron chi connectivity index (χ4n) is 2.31. The fraction of sp³-hybridized carbons (Fsp3) is 0.947. The highest BCUT2D eigenvalue weighted by atomic mass is 16.5. The van der Waals surface area contributed by atoms with Crippen molar-refractivity contribution in [3.63, 3.8) is 0 Å². The van der Waals surface area contributed by atoms with Gasteiger partial charge in [-0.05, 0) is 52.4 Å². The predicted octanol–water partition coefficient (Wildman–Crippen LogP) is 5.18. The molecular weight excluding hydrogens is 274 g/mol. The topological polar surface area (TPSA) is 38.3 Å². The van der Waals surface area contributed by atoms with Gasteiger partial charge >= 0.3 is 0 Å². The third-order valence-corrected chi connectivity index (χ3v) is 3.15. The smallest absolute Gasteiger partial charge is 0.220 e. The van der Waals surface area contributed by atoms with Crippen LogP contribution in [0.5, 0.6) is 0 Å². The molecule has 3 nitrogen and oxygen atoms in total. The molecule has 0 spiro atoms. The van der Waals surface area contributed by atoms with Gasteiger partial charge < -0.3 is 10.1 Å². The Morgan fingerprint density at radius 1 is 1.00 bits per heavy atom. The van der Waals surface area contributed by atoms with Crippen LogP contribution in [0.3, 0.4) is 0 Å². The maximum Gasteiger partial charge on any atom is 0.220 e. The van der Waals surface area contributed by atoms with E-state index >= 15 is 0 Å². The number of carbonyl (C=O) groups excluding carboxylic acids is 1. The van der Waals surface area contributed by atoms with Crippen LogP contribution < -0.4 is 5.32 Å². The maximum atomic E-state index is 11.9. The molecule has 0 unspecified atom stereocenters. The van der Waals surface area contributed by atoms with Gasteiger partial charge in [-0.15, -0.1) is 0 Å². The third-order valence-electron chi connectivity index (χ3n) is 3.15. The number of rotatable bonds is 9. The van der Waals surface area contributed by atoms with Crippen LogP contribution in [0.1, 0.15) is 88.5 Å². The molecule has 0 saturated heterocycles. The normalized spacial score (nSPS) is 12.2. The molecule has 0 aromatic rings. The van der Waals surface area contributed by atoms with Gasteiger partial charge in [-0.1, -0.05) is 41.5 Å². The van der Waals surface area contributed by atoms with E-state index in [0.717, 1.165) is 12.8 Å². The Hall–Kier alpha value is -0.570. The number of hydrogen-bond acceptors (Lipinski definition) is 2. The molecule has 0 aliphatic carbocycles. The second-order valence-corrected chi connectivity index (χ2v) is 8.01. The molecule has 0 rings (SSSR count). The van der Waals surface area contributed by atoms with Crippen molar-refractivity contribution in [1.29, 1.82) is 0 Å². The Morgan fingerprint density at radius 3 is 1.91 bits per heavy atom. The van der Waals surface area contributed by atoms with Crippen LogP contribution in [-0.4, -0.2) is 23.7 Å². The van der Waals surface area contributed by atoms with Gasteiger partial charge in [0.2, 0.25) is 5.91 Å². The maximum absolute atomic E-state index is 11.9. The largest absolute Gasteiger partial charge is 0.373 e. The summed E-state index contributed by atoms with van der Waals surface area (Å²) in [4.78, 5) is 11.9. The van der Waals surface area contributed by atoms with E-state index in [-0.39, 0.29) is 17.0 Å². The molecule has 0 aromatic carbocycles. The average Bonchev–Trinajstić information content (AvgIpc) is 2.35. The minimum absolute atomic E-state index is 0.119. The quantitative estimate of drug-likeness (QED) is 0.636. The van der Waals surface area contributed by atoms with E-state index in [2.05, 4.69) is 46.9 Å². The molecular formula is C19H41NO2. The van der Waals surface area contributed by atoms with Crippen LogP contribution in [0, 0.1) is 11.8 Å². The molecule has 1 amide bonds. The summed E-state index contributed by atoms with van der Waals surface area (Å²) < 4.78 is 6.02. The van der Waals surface area contributed by atoms with Crippen LogP contribution in [0.2, 0.25) is 0 Å². The highest BCUT2D eigenvalue weighted by Gasteiger charge is 2.26. The molecule has 22 heavy (non-hydrogen) atoms. The Balaban J connectivity index is 0. The van der Waals surface area contributed by atoms with Crippen molar-refractivity contribution in [2.24, 2.45) is 11.8 Å². The minimum atomic E-state index is -0.317. The number of nitrogens with one attached hydrogen (secondary N) is 1. The van der Waals surface area contributed by atoms with E-state index in [1.54, 1.807) is 0 Å². The van der Waals surface area contributed by atoms with Gasteiger partial charge in [0.1, 0.15) is 0 Å². The van der Waals surface area contributed by atoms with Crippen molar-refractivity contribution in [3.05, 3.63) is 0 Å². The molecule has 0 saturated carbocycles. The summed E-state index contributed by atoms with van der Waals surface area (Å²) in [6, 6.07) is 0. The summed E-state index contributed by atoms with van der Waals surface area (Å²) in [5.41, 5.74) is -0.462. The van der Waals surface area contributed by atoms with Gasteiger partial charge in [0, 0.05) is 6.42 Å². The molecule has 0 bridgehead atoms. The first-order chi connectivity index (χ1) is 9.93. The van der Waals surface area contributed by atoms with Gasteiger partial charge in [-0.25, -0.2) is 0 Å². The standard InChI is InChI=1S/C17H35NO2.C2H6/c1-13(2)9-10-15(19)18-16(5,6)12-20-17(7,8)11-14(3)4;1-2/h13-14H,9-12H2,1-8H3,(H,18,19);1-2H3. The van der Waals surface area contributed by atoms with Crippen molar-refractivity contribution in [2.45, 2.75) is 99.6 Å². The summed E-state index contributed by atoms with van der Waals surface area (Å²) in [6.45, 7) is 21.5. The highest BCUT2D eigenvalue weighted by molar-refractivity contribution is 5.76. The number of ether oxygens (including phenoxy) is 1. The molecule has 0 heterocycles. The summed E-state index contributed by atoms with van der Waals surface area (Å²) in [6.07, 6.45) is 2.54. The van der Waals surface area contributed by atoms with E-state index in [1.165, 1.54) is 0 Å². The molecule has 0 radical (unpaired) electrons. The predicted molar refractivity (Wildman–Crippen MR) is 97.1 cm³/mol. The Bertz CT molecular complexity index is 294. The third kappa shape index (κ3) is 14.4. The second-order valence-electron chi connectivity index (χ2n) is 8.01. The lowest BCUT2D eigenvalue weighted by molar-refractivity contribution is -0.125. The van der Waals surface area contributed by atoms with Crippen LogP contribution in [0.15, 0.2) is 0 Å². The zero-order valence-corrected chi connectivity index (χ0v) is 16.8. The van der Waals surface area contributed by atoms with E-state index in [9.17, 15) is 4.79 Å². The van der Waals surface area contributed by atoms with Crippen LogP contribution in [-0.2, 0) is 9.53 Å². The van der Waals surface area contributed by atoms with Crippen LogP contribution >= 0.6 is 0 Å². The number of amides is 1. The molecule has 0 fully saturated rings. The highest BCUT2D eigenvalue weighted by Crippen LogP contribution is 2.21. The fourth-order valence-corrected chi connectivity index (χ4v) is 2.31. The van der Waals surface area contributed by atoms with Crippen molar-refractivity contribution in [2.75, 3.05) is 6.61 Å². The van der Waals surface area contributed by atoms with Crippen molar-refractivity contribution in [1.82, 2.24) is 5.32 Å². The zero-order valence-electron chi connectivity index (χ0n) is 16.8. The molecule has 1 N–H and O–H groups in total. The molecule has 0 atom stereocenters. The van der Waals surface area contributed by atoms with Gasteiger partial charge in [0.25, 0.3) is 0 Å². The van der Waals surface area contributed by atoms with Crippen molar-refractivity contribution in [3.8, 4) is 0 Å². The van der Waals surface area contributed by atoms with E-state index < -0.39 is 0 Å². The summed E-state index contributed by atoms with van der Waals surface area (Å²) in [5, 5.41) is 3.07. The van der Waals surface area contributed by atoms with E-state index in [4.69, 9.17) is 4.74 Å². The first-order valence-electron chi connectivity index (χ1n) is 8.88. The number of carbonyl (C=O) groups is 1. The van der Waals surface area contributed by atoms with E-state index in [1.807, 2.05) is 27.7 Å². The van der Waals surface area contributed by atoms with Gasteiger partial charge in [-0.2, -0.15) is 0 Å². The Kier molecular flexibility index (Phi) is 11.9. The lowest BCUT2D eigenvalue weighted by Gasteiger charge is -2.33. The average molecular weight is 316 g/mol. The monoisotopic (exact) mass is 315 g/mol. The minimum Gasteiger partial charge on any atom is -0.373 e. The Morgan fingerprint density at radius 2 is 1.50 bits per heavy atom. The molecule has 3 heteroatoms. The summed E-state index contributed by atoms with van der Waals surface area (Å²) in [5.74, 6) is 1.28. The second kappa shape index (κ2) is 11.0. The molecule has 0 aliphatic rings. The van der Waals surface area contributed by atoms with Crippen molar-refractivity contribution < 1.29 is 9.53 Å². The van der Waals surface area contributed by atoms with E-state index in [0.29, 0.717) is 24.9 Å². The summed E-state index contributed by atoms with van der Waals surface area (Å²) >= 11 is 0. The first-order valence-corrected chi connectivity index (χ1v) is 8.88. The lowest BCUT2D eigenvalue weighted by Crippen LogP contribution is -2.48. The first kappa shape index (κ1) is 23.7. The van der Waals surface area contributed by atoms with Gasteiger partial charge in [0.05, 0.1) is 17.7 Å².